The number of nitrogens with zero attached hydrogens (tertiary/aromatic N) is 1. The van der Waals surface area contributed by atoms with Crippen molar-refractivity contribution in [3.63, 3.8) is 0 Å². The Bertz CT molecular complexity index is 573. The number of para-hydroxylation sites is 1. The predicted octanol–water partition coefficient (Wildman–Crippen LogP) is 2.41. The smallest absolute Gasteiger partial charge is 0.255 e. The SMILES string of the molecule is Cl.NC1CCC(C(=O)Nc2ccccc2C(=O)N2CCCC2)C1. The first-order chi connectivity index (χ1) is 10.6. The minimum Gasteiger partial charge on any atom is -0.339 e. The van der Waals surface area contributed by atoms with E-state index >= 15 is 0 Å². The molecule has 1 aromatic rings. The lowest BCUT2D eigenvalue weighted by Gasteiger charge is -2.19. The Morgan fingerprint density at radius 3 is 2.48 bits per heavy atom. The standard InChI is InChI=1S/C17H23N3O2.ClH/c18-13-8-7-12(11-13)16(21)19-15-6-2-1-5-14(15)17(22)20-9-3-4-10-20;/h1-2,5-6,12-13H,3-4,7-11,18H2,(H,19,21);1H. The Balaban J connectivity index is 0.00000192. The lowest BCUT2D eigenvalue weighted by molar-refractivity contribution is -0.119. The van der Waals surface area contributed by atoms with Crippen LogP contribution in [-0.2, 0) is 4.79 Å². The van der Waals surface area contributed by atoms with Crippen molar-refractivity contribution in [1.82, 2.24) is 4.90 Å². The topological polar surface area (TPSA) is 75.4 Å². The summed E-state index contributed by atoms with van der Waals surface area (Å²) in [7, 11) is 0. The zero-order valence-corrected chi connectivity index (χ0v) is 14.0. The highest BCUT2D eigenvalue weighted by atomic mass is 35.5. The van der Waals surface area contributed by atoms with Gasteiger partial charge in [-0.05, 0) is 44.2 Å². The number of hydrogen-bond donors (Lipinski definition) is 2. The molecule has 2 atom stereocenters. The first kappa shape index (κ1) is 17.8. The maximum atomic E-state index is 12.6. The van der Waals surface area contributed by atoms with Crippen LogP contribution in [0.25, 0.3) is 0 Å². The molecular weight excluding hydrogens is 314 g/mol. The molecule has 0 radical (unpaired) electrons. The van der Waals surface area contributed by atoms with Crippen molar-refractivity contribution in [2.75, 3.05) is 18.4 Å². The molecule has 1 aromatic carbocycles. The zero-order valence-electron chi connectivity index (χ0n) is 13.2. The highest BCUT2D eigenvalue weighted by molar-refractivity contribution is 6.04. The number of carbonyl (C=O) groups is 2. The molecular formula is C17H24ClN3O2. The van der Waals surface area contributed by atoms with Crippen LogP contribution in [0.5, 0.6) is 0 Å². The van der Waals surface area contributed by atoms with Crippen molar-refractivity contribution in [3.05, 3.63) is 29.8 Å². The van der Waals surface area contributed by atoms with Crippen molar-refractivity contribution >= 4 is 29.9 Å². The fraction of sp³-hybridized carbons (Fsp3) is 0.529. The first-order valence-electron chi connectivity index (χ1n) is 8.10. The molecule has 2 unspecified atom stereocenters. The molecule has 1 aliphatic heterocycles. The van der Waals surface area contributed by atoms with E-state index in [4.69, 9.17) is 5.73 Å². The molecule has 0 aromatic heterocycles. The summed E-state index contributed by atoms with van der Waals surface area (Å²) < 4.78 is 0. The summed E-state index contributed by atoms with van der Waals surface area (Å²) in [5.41, 5.74) is 7.08. The molecule has 1 saturated carbocycles. The van der Waals surface area contributed by atoms with E-state index in [1.54, 1.807) is 12.1 Å². The molecule has 0 bridgehead atoms. The quantitative estimate of drug-likeness (QED) is 0.889. The summed E-state index contributed by atoms with van der Waals surface area (Å²) in [6.07, 6.45) is 4.57. The largest absolute Gasteiger partial charge is 0.339 e. The van der Waals surface area contributed by atoms with Gasteiger partial charge < -0.3 is 16.0 Å². The van der Waals surface area contributed by atoms with Crippen molar-refractivity contribution in [2.24, 2.45) is 11.7 Å². The number of carbonyl (C=O) groups excluding carboxylic acids is 2. The number of likely N-dealkylation sites (tertiary alicyclic amines) is 1. The molecule has 23 heavy (non-hydrogen) atoms. The van der Waals surface area contributed by atoms with Crippen molar-refractivity contribution < 1.29 is 9.59 Å². The third-order valence-electron chi connectivity index (χ3n) is 4.65. The number of nitrogens with one attached hydrogen (secondary N) is 1. The van der Waals surface area contributed by atoms with Crippen LogP contribution in [0.3, 0.4) is 0 Å². The van der Waals surface area contributed by atoms with Gasteiger partial charge in [-0.3, -0.25) is 9.59 Å². The van der Waals surface area contributed by atoms with Crippen molar-refractivity contribution in [1.29, 1.82) is 0 Å². The first-order valence-corrected chi connectivity index (χ1v) is 8.10. The Morgan fingerprint density at radius 2 is 1.83 bits per heavy atom. The molecule has 2 amide bonds. The fourth-order valence-electron chi connectivity index (χ4n) is 3.36. The van der Waals surface area contributed by atoms with Gasteiger partial charge in [-0.1, -0.05) is 12.1 Å². The number of amides is 2. The van der Waals surface area contributed by atoms with E-state index in [9.17, 15) is 9.59 Å². The van der Waals surface area contributed by atoms with Crippen molar-refractivity contribution in [3.8, 4) is 0 Å². The number of anilines is 1. The lowest BCUT2D eigenvalue weighted by atomic mass is 10.1. The molecule has 3 rings (SSSR count). The van der Waals surface area contributed by atoms with Gasteiger partial charge in [0.05, 0.1) is 11.3 Å². The highest BCUT2D eigenvalue weighted by Crippen LogP contribution is 2.27. The Morgan fingerprint density at radius 1 is 1.13 bits per heavy atom. The second-order valence-corrected chi connectivity index (χ2v) is 6.30. The highest BCUT2D eigenvalue weighted by Gasteiger charge is 2.29. The van der Waals surface area contributed by atoms with Gasteiger partial charge in [0, 0.05) is 25.0 Å². The number of nitrogens with two attached hydrogens (primary N) is 1. The van der Waals surface area contributed by atoms with Gasteiger partial charge in [-0.2, -0.15) is 0 Å². The van der Waals surface area contributed by atoms with Gasteiger partial charge in [0.2, 0.25) is 5.91 Å². The van der Waals surface area contributed by atoms with Crippen LogP contribution in [0.2, 0.25) is 0 Å². The van der Waals surface area contributed by atoms with Gasteiger partial charge in [-0.15, -0.1) is 12.4 Å². The Kier molecular flexibility index (Phi) is 6.02. The third kappa shape index (κ3) is 4.03. The van der Waals surface area contributed by atoms with E-state index in [0.717, 1.165) is 45.2 Å². The second kappa shape index (κ2) is 7.79. The van der Waals surface area contributed by atoms with Gasteiger partial charge in [0.1, 0.15) is 0 Å². The maximum Gasteiger partial charge on any atom is 0.255 e. The lowest BCUT2D eigenvalue weighted by Crippen LogP contribution is -2.29. The summed E-state index contributed by atoms with van der Waals surface area (Å²) in [6.45, 7) is 1.61. The van der Waals surface area contributed by atoms with E-state index in [1.807, 2.05) is 17.0 Å². The average Bonchev–Trinajstić information content (AvgIpc) is 3.18. The van der Waals surface area contributed by atoms with Crippen molar-refractivity contribution in [2.45, 2.75) is 38.1 Å². The molecule has 1 heterocycles. The maximum absolute atomic E-state index is 12.6. The van der Waals surface area contributed by atoms with Crippen LogP contribution in [0.1, 0.15) is 42.5 Å². The number of hydrogen-bond acceptors (Lipinski definition) is 3. The number of benzene rings is 1. The molecule has 0 spiro atoms. The zero-order chi connectivity index (χ0) is 15.5. The van der Waals surface area contributed by atoms with Crippen LogP contribution < -0.4 is 11.1 Å². The fourth-order valence-corrected chi connectivity index (χ4v) is 3.36. The predicted molar refractivity (Wildman–Crippen MR) is 92.8 cm³/mol. The van der Waals surface area contributed by atoms with Crippen LogP contribution in [-0.4, -0.2) is 35.8 Å². The van der Waals surface area contributed by atoms with Crippen LogP contribution in [0.4, 0.5) is 5.69 Å². The monoisotopic (exact) mass is 337 g/mol. The molecule has 3 N–H and O–H groups in total. The van der Waals surface area contributed by atoms with Gasteiger partial charge in [0.25, 0.3) is 5.91 Å². The molecule has 6 heteroatoms. The van der Waals surface area contributed by atoms with Crippen LogP contribution in [0.15, 0.2) is 24.3 Å². The summed E-state index contributed by atoms with van der Waals surface area (Å²) in [5, 5.41) is 2.94. The van der Waals surface area contributed by atoms with Crippen LogP contribution in [0, 0.1) is 5.92 Å². The third-order valence-corrected chi connectivity index (χ3v) is 4.65. The molecule has 1 aliphatic carbocycles. The van der Waals surface area contributed by atoms with Gasteiger partial charge in [-0.25, -0.2) is 0 Å². The van der Waals surface area contributed by atoms with Crippen LogP contribution >= 0.6 is 12.4 Å². The minimum absolute atomic E-state index is 0. The van der Waals surface area contributed by atoms with E-state index in [0.29, 0.717) is 11.3 Å². The van der Waals surface area contributed by atoms with E-state index in [2.05, 4.69) is 5.32 Å². The molecule has 2 aliphatic rings. The number of rotatable bonds is 3. The summed E-state index contributed by atoms with van der Waals surface area (Å²) in [4.78, 5) is 26.8. The normalized spacial score (nSPS) is 23.4. The summed E-state index contributed by atoms with van der Waals surface area (Å²) in [6, 6.07) is 7.39. The van der Waals surface area contributed by atoms with E-state index < -0.39 is 0 Å². The number of halogens is 1. The summed E-state index contributed by atoms with van der Waals surface area (Å²) in [5.74, 6) is -0.0453. The minimum atomic E-state index is -0.0371. The summed E-state index contributed by atoms with van der Waals surface area (Å²) >= 11 is 0. The molecule has 1 saturated heterocycles. The molecule has 2 fully saturated rings. The Hall–Kier alpha value is -1.59. The Labute approximate surface area is 143 Å². The van der Waals surface area contributed by atoms with Gasteiger partial charge in [0.15, 0.2) is 0 Å². The average molecular weight is 338 g/mol. The van der Waals surface area contributed by atoms with Gasteiger partial charge >= 0.3 is 0 Å². The molecule has 5 nitrogen and oxygen atoms in total. The second-order valence-electron chi connectivity index (χ2n) is 6.30. The van der Waals surface area contributed by atoms with E-state index in [1.165, 1.54) is 0 Å². The molecule has 126 valence electrons. The van der Waals surface area contributed by atoms with E-state index in [-0.39, 0.29) is 36.2 Å².